The zero-order valence-corrected chi connectivity index (χ0v) is 16.3. The lowest BCUT2D eigenvalue weighted by Crippen LogP contribution is -3.28. The molecule has 0 aromatic carbocycles. The van der Waals surface area contributed by atoms with Crippen LogP contribution >= 0.6 is 11.3 Å². The van der Waals surface area contributed by atoms with Crippen LogP contribution in [-0.2, 0) is 11.3 Å². The van der Waals surface area contributed by atoms with Gasteiger partial charge in [0.15, 0.2) is 6.67 Å². The summed E-state index contributed by atoms with van der Waals surface area (Å²) in [6.07, 6.45) is 1.52. The van der Waals surface area contributed by atoms with E-state index in [0.29, 0.717) is 6.67 Å². The minimum atomic E-state index is -0.623. The Bertz CT molecular complexity index is 649. The van der Waals surface area contributed by atoms with Gasteiger partial charge in [0.2, 0.25) is 0 Å². The minimum absolute atomic E-state index is 0.0101. The molecular formula is C18H30N5O2S+3. The fraction of sp³-hybridized carbons (Fsp3) is 0.667. The number of piperidine rings is 1. The highest BCUT2D eigenvalue weighted by molar-refractivity contribution is 7.09. The Balaban J connectivity index is 1.30. The first-order chi connectivity index (χ1) is 12.6. The van der Waals surface area contributed by atoms with Crippen molar-refractivity contribution in [3.05, 3.63) is 22.4 Å². The molecule has 3 saturated heterocycles. The van der Waals surface area contributed by atoms with Crippen molar-refractivity contribution < 1.29 is 24.3 Å². The first-order valence-corrected chi connectivity index (χ1v) is 10.6. The third kappa shape index (κ3) is 3.51. The quantitative estimate of drug-likeness (QED) is 0.412. The monoisotopic (exact) mass is 380 g/mol. The number of likely N-dealkylation sites (tertiary alicyclic amines) is 1. The number of carbonyl (C=O) groups is 2. The molecule has 3 fully saturated rings. The maximum Gasteiger partial charge on any atom is 0.329 e. The van der Waals surface area contributed by atoms with Gasteiger partial charge in [0.1, 0.15) is 38.3 Å². The summed E-state index contributed by atoms with van der Waals surface area (Å²) in [5.74, 6) is 0.0101. The average molecular weight is 381 g/mol. The van der Waals surface area contributed by atoms with E-state index in [-0.39, 0.29) is 11.9 Å². The van der Waals surface area contributed by atoms with Crippen molar-refractivity contribution in [2.75, 3.05) is 53.0 Å². The molecule has 0 saturated carbocycles. The van der Waals surface area contributed by atoms with Gasteiger partial charge in [-0.05, 0) is 11.4 Å². The van der Waals surface area contributed by atoms with Crippen molar-refractivity contribution in [3.63, 3.8) is 0 Å². The molecule has 0 bridgehead atoms. The molecule has 3 aliphatic rings. The van der Waals surface area contributed by atoms with E-state index < -0.39 is 5.54 Å². The Labute approximate surface area is 158 Å². The largest absolute Gasteiger partial charge is 0.337 e. The molecule has 0 radical (unpaired) electrons. The van der Waals surface area contributed by atoms with Gasteiger partial charge in [0, 0.05) is 12.8 Å². The molecule has 3 aliphatic heterocycles. The lowest BCUT2D eigenvalue weighted by Gasteiger charge is -2.34. The topological polar surface area (TPSA) is 62.7 Å². The predicted octanol–water partition coefficient (Wildman–Crippen LogP) is -3.41. The number of nitrogens with one attached hydrogen (secondary N) is 4. The van der Waals surface area contributed by atoms with Gasteiger partial charge in [-0.15, -0.1) is 11.3 Å². The number of urea groups is 1. The van der Waals surface area contributed by atoms with E-state index in [4.69, 9.17) is 0 Å². The maximum atomic E-state index is 13.0. The van der Waals surface area contributed by atoms with Crippen LogP contribution in [0.2, 0.25) is 0 Å². The van der Waals surface area contributed by atoms with Crippen LogP contribution in [0.25, 0.3) is 0 Å². The number of carbonyl (C=O) groups excluding carboxylic acids is 2. The number of amides is 3. The Kier molecular flexibility index (Phi) is 5.00. The van der Waals surface area contributed by atoms with Gasteiger partial charge in [-0.25, -0.2) is 9.69 Å². The van der Waals surface area contributed by atoms with E-state index in [2.05, 4.69) is 29.9 Å². The van der Waals surface area contributed by atoms with Crippen LogP contribution in [0.4, 0.5) is 4.79 Å². The summed E-state index contributed by atoms with van der Waals surface area (Å²) >= 11 is 1.82. The lowest BCUT2D eigenvalue weighted by molar-refractivity contribution is -1.02. The van der Waals surface area contributed by atoms with E-state index in [1.165, 1.54) is 19.6 Å². The van der Waals surface area contributed by atoms with E-state index in [0.717, 1.165) is 58.7 Å². The number of thiophene rings is 1. The van der Waals surface area contributed by atoms with Gasteiger partial charge < -0.3 is 20.0 Å². The molecule has 1 spiro atoms. The highest BCUT2D eigenvalue weighted by atomic mass is 32.1. The van der Waals surface area contributed by atoms with Crippen LogP contribution in [0.5, 0.6) is 0 Å². The van der Waals surface area contributed by atoms with Gasteiger partial charge in [-0.1, -0.05) is 6.07 Å². The number of rotatable bonds is 4. The summed E-state index contributed by atoms with van der Waals surface area (Å²) < 4.78 is 0. The van der Waals surface area contributed by atoms with Gasteiger partial charge in [-0.3, -0.25) is 4.79 Å². The second kappa shape index (κ2) is 7.26. The van der Waals surface area contributed by atoms with Crippen LogP contribution in [0.15, 0.2) is 17.5 Å². The van der Waals surface area contributed by atoms with Crippen LogP contribution in [0.1, 0.15) is 17.7 Å². The van der Waals surface area contributed by atoms with E-state index in [9.17, 15) is 9.59 Å². The lowest BCUT2D eigenvalue weighted by atomic mass is 9.88. The van der Waals surface area contributed by atoms with Crippen molar-refractivity contribution in [3.8, 4) is 0 Å². The SMILES string of the molecule is C[NH+]1CCC2(CC1)NC(=O)N(C[NH+]1CC[NH+](Cc3cccs3)CC1)C2=O. The third-order valence-electron chi connectivity index (χ3n) is 6.25. The molecule has 0 atom stereocenters. The molecule has 0 unspecified atom stereocenters. The van der Waals surface area contributed by atoms with Crippen molar-refractivity contribution in [2.45, 2.75) is 24.9 Å². The summed E-state index contributed by atoms with van der Waals surface area (Å²) in [5.41, 5.74) is -0.623. The molecule has 26 heavy (non-hydrogen) atoms. The predicted molar refractivity (Wildman–Crippen MR) is 98.2 cm³/mol. The van der Waals surface area contributed by atoms with Crippen LogP contribution in [0, 0.1) is 0 Å². The first kappa shape index (κ1) is 17.9. The first-order valence-electron chi connectivity index (χ1n) is 9.71. The molecule has 3 amide bonds. The number of nitrogens with zero attached hydrogens (tertiary/aromatic N) is 1. The number of piperazine rings is 1. The Hall–Kier alpha value is -1.48. The molecule has 142 valence electrons. The minimum Gasteiger partial charge on any atom is -0.337 e. The second-order valence-corrected chi connectivity index (χ2v) is 9.15. The number of hydrogen-bond donors (Lipinski definition) is 4. The Morgan fingerprint density at radius 1 is 1.12 bits per heavy atom. The van der Waals surface area contributed by atoms with Gasteiger partial charge in [0.25, 0.3) is 5.91 Å². The number of hydrogen-bond acceptors (Lipinski definition) is 3. The fourth-order valence-corrected chi connectivity index (χ4v) is 5.21. The number of imide groups is 1. The van der Waals surface area contributed by atoms with Crippen LogP contribution < -0.4 is 20.0 Å². The second-order valence-electron chi connectivity index (χ2n) is 8.12. The summed E-state index contributed by atoms with van der Waals surface area (Å²) in [6.45, 7) is 7.70. The maximum absolute atomic E-state index is 13.0. The van der Waals surface area contributed by atoms with Crippen molar-refractivity contribution in [1.29, 1.82) is 0 Å². The van der Waals surface area contributed by atoms with E-state index >= 15 is 0 Å². The van der Waals surface area contributed by atoms with E-state index in [1.54, 1.807) is 4.90 Å². The Morgan fingerprint density at radius 3 is 2.46 bits per heavy atom. The van der Waals surface area contributed by atoms with Crippen molar-refractivity contribution >= 4 is 23.3 Å². The zero-order chi connectivity index (χ0) is 18.1. The van der Waals surface area contributed by atoms with Crippen molar-refractivity contribution in [2.24, 2.45) is 0 Å². The smallest absolute Gasteiger partial charge is 0.329 e. The highest BCUT2D eigenvalue weighted by Crippen LogP contribution is 2.25. The summed E-state index contributed by atoms with van der Waals surface area (Å²) in [4.78, 5) is 32.7. The van der Waals surface area contributed by atoms with E-state index in [1.807, 2.05) is 11.3 Å². The molecule has 4 rings (SSSR count). The summed E-state index contributed by atoms with van der Waals surface area (Å²) in [5, 5.41) is 5.16. The van der Waals surface area contributed by atoms with Crippen LogP contribution in [-0.4, -0.2) is 75.4 Å². The Morgan fingerprint density at radius 2 is 1.81 bits per heavy atom. The molecule has 8 heteroatoms. The molecule has 1 aromatic rings. The molecule has 7 nitrogen and oxygen atoms in total. The normalized spacial score (nSPS) is 35.1. The fourth-order valence-electron chi connectivity index (χ4n) is 4.44. The summed E-state index contributed by atoms with van der Waals surface area (Å²) in [6, 6.07) is 4.13. The molecule has 4 N–H and O–H groups in total. The molecular weight excluding hydrogens is 350 g/mol. The number of quaternary nitrogens is 3. The van der Waals surface area contributed by atoms with Gasteiger partial charge in [0.05, 0.1) is 25.0 Å². The molecule has 1 aromatic heterocycles. The summed E-state index contributed by atoms with van der Waals surface area (Å²) in [7, 11) is 2.15. The molecule has 4 heterocycles. The highest BCUT2D eigenvalue weighted by Gasteiger charge is 2.54. The van der Waals surface area contributed by atoms with Gasteiger partial charge in [-0.2, -0.15) is 0 Å². The van der Waals surface area contributed by atoms with Crippen molar-refractivity contribution in [1.82, 2.24) is 10.2 Å². The third-order valence-corrected chi connectivity index (χ3v) is 7.13. The van der Waals surface area contributed by atoms with Gasteiger partial charge >= 0.3 is 6.03 Å². The average Bonchev–Trinajstić information content (AvgIpc) is 3.22. The zero-order valence-electron chi connectivity index (χ0n) is 15.5. The van der Waals surface area contributed by atoms with Crippen LogP contribution in [0.3, 0.4) is 0 Å². The molecule has 0 aliphatic carbocycles. The standard InChI is InChI=1S/C18H27N5O2S/c1-20-6-4-18(5-7-20)16(24)23(17(25)19-18)14-22-10-8-21(9-11-22)13-15-3-2-12-26-15/h2-3,12H,4-11,13-14H2,1H3,(H,19,25)/p+3.